The summed E-state index contributed by atoms with van der Waals surface area (Å²) in [5, 5.41) is 0.480. The molecule has 0 aliphatic heterocycles. The molecule has 0 saturated carbocycles. The second kappa shape index (κ2) is 5.09. The van der Waals surface area contributed by atoms with Gasteiger partial charge in [-0.3, -0.25) is 0 Å². The van der Waals surface area contributed by atoms with Crippen molar-refractivity contribution in [2.45, 2.75) is 9.92 Å². The summed E-state index contributed by atoms with van der Waals surface area (Å²) in [5.41, 5.74) is 0. The minimum absolute atomic E-state index is 0.281. The molecule has 0 radical (unpaired) electrons. The number of hydrogen-bond donors (Lipinski definition) is 0. The maximum Gasteiger partial charge on any atom is 0.169 e. The number of methoxy groups -OCH3 is 1. The molecule has 0 aliphatic rings. The Kier molecular flexibility index (Phi) is 3.53. The van der Waals surface area contributed by atoms with E-state index in [0.717, 1.165) is 17.8 Å². The van der Waals surface area contributed by atoms with Crippen molar-refractivity contribution in [3.8, 4) is 5.75 Å². The summed E-state index contributed by atoms with van der Waals surface area (Å²) in [7, 11) is 1.48. The lowest BCUT2D eigenvalue weighted by atomic mass is 10.3. The summed E-state index contributed by atoms with van der Waals surface area (Å²) in [6.45, 7) is 0. The van der Waals surface area contributed by atoms with Gasteiger partial charge in [-0.15, -0.1) is 0 Å². The van der Waals surface area contributed by atoms with Crippen molar-refractivity contribution in [1.29, 1.82) is 0 Å². The number of nitrogens with zero attached hydrogens (tertiary/aromatic N) is 2. The van der Waals surface area contributed by atoms with Crippen LogP contribution >= 0.6 is 11.8 Å². The van der Waals surface area contributed by atoms with E-state index in [1.807, 2.05) is 0 Å². The van der Waals surface area contributed by atoms with E-state index < -0.39 is 11.6 Å². The van der Waals surface area contributed by atoms with Gasteiger partial charge in [-0.25, -0.2) is 18.7 Å². The summed E-state index contributed by atoms with van der Waals surface area (Å²) in [6.07, 6.45) is 2.82. The number of hydrogen-bond acceptors (Lipinski definition) is 4. The van der Waals surface area contributed by atoms with Crippen LogP contribution in [0.5, 0.6) is 5.75 Å². The van der Waals surface area contributed by atoms with Gasteiger partial charge in [0, 0.05) is 11.0 Å². The highest BCUT2D eigenvalue weighted by atomic mass is 32.2. The normalized spacial score (nSPS) is 10.3. The molecule has 17 heavy (non-hydrogen) atoms. The van der Waals surface area contributed by atoms with Gasteiger partial charge in [0.2, 0.25) is 0 Å². The van der Waals surface area contributed by atoms with Crippen LogP contribution in [0.2, 0.25) is 0 Å². The molecule has 6 heteroatoms. The molecule has 1 heterocycles. The third-order valence-electron chi connectivity index (χ3n) is 1.96. The first-order valence-corrected chi connectivity index (χ1v) is 5.49. The third-order valence-corrected chi connectivity index (χ3v) is 3.02. The van der Waals surface area contributed by atoms with Crippen LogP contribution in [-0.2, 0) is 0 Å². The zero-order chi connectivity index (χ0) is 12.3. The van der Waals surface area contributed by atoms with Crippen LogP contribution in [0.15, 0.2) is 40.6 Å². The molecule has 0 N–H and O–H groups in total. The monoisotopic (exact) mass is 254 g/mol. The second-order valence-corrected chi connectivity index (χ2v) is 4.10. The van der Waals surface area contributed by atoms with E-state index in [4.69, 9.17) is 4.74 Å². The Bertz CT molecular complexity index is 537. The molecule has 2 rings (SSSR count). The first-order valence-electron chi connectivity index (χ1n) is 4.67. The molecule has 3 nitrogen and oxygen atoms in total. The van der Waals surface area contributed by atoms with Gasteiger partial charge in [-0.2, -0.15) is 0 Å². The van der Waals surface area contributed by atoms with Gasteiger partial charge in [0.05, 0.1) is 13.3 Å². The minimum Gasteiger partial charge on any atom is -0.492 e. The van der Waals surface area contributed by atoms with Crippen molar-refractivity contribution in [3.05, 3.63) is 42.4 Å². The molecular weight excluding hydrogens is 246 g/mol. The molecule has 0 amide bonds. The molecule has 0 bridgehead atoms. The summed E-state index contributed by atoms with van der Waals surface area (Å²) in [5.74, 6) is -0.793. The van der Waals surface area contributed by atoms with Crippen LogP contribution in [0.4, 0.5) is 8.78 Å². The molecule has 0 aliphatic carbocycles. The molecule has 1 aromatic carbocycles. The third kappa shape index (κ3) is 2.71. The summed E-state index contributed by atoms with van der Waals surface area (Å²) in [6, 6.07) is 3.38. The highest BCUT2D eigenvalue weighted by Crippen LogP contribution is 2.33. The Morgan fingerprint density at radius 1 is 1.29 bits per heavy atom. The van der Waals surface area contributed by atoms with Crippen molar-refractivity contribution >= 4 is 11.8 Å². The predicted octanol–water partition coefficient (Wildman–Crippen LogP) is 2.91. The fraction of sp³-hybridized carbons (Fsp3) is 0.0909. The predicted molar refractivity (Wildman–Crippen MR) is 59.1 cm³/mol. The largest absolute Gasteiger partial charge is 0.492 e. The molecular formula is C11H8F2N2OS. The maximum absolute atomic E-state index is 13.4. The Hall–Kier alpha value is -1.69. The first kappa shape index (κ1) is 11.8. The molecule has 2 aromatic rings. The summed E-state index contributed by atoms with van der Waals surface area (Å²) in [4.78, 5) is 8.05. The van der Waals surface area contributed by atoms with Crippen molar-refractivity contribution in [2.75, 3.05) is 7.11 Å². The zero-order valence-electron chi connectivity index (χ0n) is 8.85. The van der Waals surface area contributed by atoms with Crippen molar-refractivity contribution in [2.24, 2.45) is 0 Å². The average Bonchev–Trinajstić information content (AvgIpc) is 2.33. The average molecular weight is 254 g/mol. The first-order chi connectivity index (χ1) is 8.20. The van der Waals surface area contributed by atoms with Crippen LogP contribution < -0.4 is 4.74 Å². The van der Waals surface area contributed by atoms with Gasteiger partial charge >= 0.3 is 0 Å². The number of halogens is 2. The lowest BCUT2D eigenvalue weighted by Gasteiger charge is -2.06. The van der Waals surface area contributed by atoms with Crippen LogP contribution in [0, 0.1) is 11.6 Å². The number of benzene rings is 1. The van der Waals surface area contributed by atoms with E-state index in [1.54, 1.807) is 0 Å². The fourth-order valence-corrected chi connectivity index (χ4v) is 2.02. The van der Waals surface area contributed by atoms with E-state index in [2.05, 4.69) is 9.97 Å². The molecule has 88 valence electrons. The molecule has 0 fully saturated rings. The van der Waals surface area contributed by atoms with Gasteiger partial charge < -0.3 is 4.74 Å². The molecule has 0 spiro atoms. The highest BCUT2D eigenvalue weighted by Gasteiger charge is 2.10. The Morgan fingerprint density at radius 2 is 2.12 bits per heavy atom. The summed E-state index contributed by atoms with van der Waals surface area (Å²) < 4.78 is 31.2. The van der Waals surface area contributed by atoms with E-state index in [1.165, 1.54) is 31.8 Å². The van der Waals surface area contributed by atoms with Gasteiger partial charge in [0.25, 0.3) is 0 Å². The van der Waals surface area contributed by atoms with E-state index in [0.29, 0.717) is 10.8 Å². The van der Waals surface area contributed by atoms with E-state index in [9.17, 15) is 8.78 Å². The van der Waals surface area contributed by atoms with Crippen molar-refractivity contribution in [3.63, 3.8) is 0 Å². The SMILES string of the molecule is COc1cncnc1Sc1ccc(F)cc1F. The Morgan fingerprint density at radius 3 is 2.82 bits per heavy atom. The van der Waals surface area contributed by atoms with Crippen LogP contribution in [0.25, 0.3) is 0 Å². The molecule has 0 atom stereocenters. The van der Waals surface area contributed by atoms with Crippen LogP contribution in [0.3, 0.4) is 0 Å². The van der Waals surface area contributed by atoms with E-state index in [-0.39, 0.29) is 4.90 Å². The lowest BCUT2D eigenvalue weighted by molar-refractivity contribution is 0.398. The quantitative estimate of drug-likeness (QED) is 0.789. The highest BCUT2D eigenvalue weighted by molar-refractivity contribution is 7.99. The van der Waals surface area contributed by atoms with Gasteiger partial charge in [0.1, 0.15) is 23.0 Å². The van der Waals surface area contributed by atoms with Crippen molar-refractivity contribution in [1.82, 2.24) is 9.97 Å². The standard InChI is InChI=1S/C11H8F2N2OS/c1-16-9-5-14-6-15-11(9)17-10-3-2-7(12)4-8(10)13/h2-6H,1H3. The van der Waals surface area contributed by atoms with Crippen LogP contribution in [-0.4, -0.2) is 17.1 Å². The molecule has 0 saturated heterocycles. The Labute approximate surface area is 101 Å². The van der Waals surface area contributed by atoms with E-state index >= 15 is 0 Å². The molecule has 0 unspecified atom stereocenters. The van der Waals surface area contributed by atoms with Crippen molar-refractivity contribution < 1.29 is 13.5 Å². The van der Waals surface area contributed by atoms with Gasteiger partial charge in [0.15, 0.2) is 5.75 Å². The minimum atomic E-state index is -0.629. The van der Waals surface area contributed by atoms with Crippen LogP contribution in [0.1, 0.15) is 0 Å². The van der Waals surface area contributed by atoms with Gasteiger partial charge in [-0.1, -0.05) is 11.8 Å². The number of rotatable bonds is 3. The Balaban J connectivity index is 2.31. The maximum atomic E-state index is 13.4. The molecule has 1 aromatic heterocycles. The second-order valence-electron chi connectivity index (χ2n) is 3.07. The fourth-order valence-electron chi connectivity index (χ4n) is 1.18. The summed E-state index contributed by atoms with van der Waals surface area (Å²) >= 11 is 1.06. The smallest absolute Gasteiger partial charge is 0.169 e. The van der Waals surface area contributed by atoms with Gasteiger partial charge in [-0.05, 0) is 12.1 Å². The lowest BCUT2D eigenvalue weighted by Crippen LogP contribution is -1.91. The topological polar surface area (TPSA) is 35.0 Å². The number of ether oxygens (including phenoxy) is 1. The number of aromatic nitrogens is 2. The zero-order valence-corrected chi connectivity index (χ0v) is 9.67.